The molecule has 0 aliphatic heterocycles. The fourth-order valence-electron chi connectivity index (χ4n) is 2.55. The standard InChI is InChI=1S/C20H19Cl2NO4S/c1-12(18(24)23-20(9-10-20)19(25)26)28-14-7-5-13(6-8-14)27-11-15-16(21)3-2-4-17(15)22/h2-8,12H,9-11H2,1H3,(H,23,24)(H,25,26). The normalized spacial score (nSPS) is 15.5. The predicted molar refractivity (Wildman–Crippen MR) is 110 cm³/mol. The van der Waals surface area contributed by atoms with Gasteiger partial charge in [-0.2, -0.15) is 0 Å². The minimum absolute atomic E-state index is 0.251. The van der Waals surface area contributed by atoms with Crippen molar-refractivity contribution in [3.05, 3.63) is 58.1 Å². The molecule has 3 rings (SSSR count). The van der Waals surface area contributed by atoms with Gasteiger partial charge in [0.25, 0.3) is 0 Å². The Bertz CT molecular complexity index is 864. The molecule has 2 aromatic rings. The summed E-state index contributed by atoms with van der Waals surface area (Å²) in [6.07, 6.45) is 0.958. The first-order valence-electron chi connectivity index (χ1n) is 8.68. The minimum Gasteiger partial charge on any atom is -0.489 e. The maximum Gasteiger partial charge on any atom is 0.329 e. The van der Waals surface area contributed by atoms with E-state index in [4.69, 9.17) is 33.0 Å². The monoisotopic (exact) mass is 439 g/mol. The zero-order valence-electron chi connectivity index (χ0n) is 15.1. The number of amides is 1. The molecule has 0 saturated heterocycles. The van der Waals surface area contributed by atoms with Gasteiger partial charge in [-0.3, -0.25) is 4.79 Å². The van der Waals surface area contributed by atoms with Gasteiger partial charge in [0.1, 0.15) is 17.9 Å². The summed E-state index contributed by atoms with van der Waals surface area (Å²) in [7, 11) is 0. The summed E-state index contributed by atoms with van der Waals surface area (Å²) in [5, 5.41) is 12.5. The van der Waals surface area contributed by atoms with Crippen LogP contribution in [0.3, 0.4) is 0 Å². The number of carbonyl (C=O) groups is 2. The highest BCUT2D eigenvalue weighted by Gasteiger charge is 2.52. The van der Waals surface area contributed by atoms with Crippen LogP contribution in [0.1, 0.15) is 25.3 Å². The van der Waals surface area contributed by atoms with Crippen molar-refractivity contribution in [3.8, 4) is 5.75 Å². The number of aliphatic carboxylic acids is 1. The zero-order chi connectivity index (χ0) is 20.3. The summed E-state index contributed by atoms with van der Waals surface area (Å²) in [5.41, 5.74) is -0.342. The van der Waals surface area contributed by atoms with Crippen LogP contribution in [0.25, 0.3) is 0 Å². The molecule has 5 nitrogen and oxygen atoms in total. The second-order valence-electron chi connectivity index (χ2n) is 6.60. The van der Waals surface area contributed by atoms with E-state index in [0.717, 1.165) is 10.5 Å². The Hall–Kier alpha value is -1.89. The minimum atomic E-state index is -1.07. The van der Waals surface area contributed by atoms with Crippen molar-refractivity contribution in [2.45, 2.75) is 42.1 Å². The van der Waals surface area contributed by atoms with Gasteiger partial charge in [0.15, 0.2) is 0 Å². The highest BCUT2D eigenvalue weighted by Crippen LogP contribution is 2.36. The fraction of sp³-hybridized carbons (Fsp3) is 0.300. The van der Waals surface area contributed by atoms with E-state index < -0.39 is 16.8 Å². The maximum atomic E-state index is 12.3. The number of ether oxygens (including phenoxy) is 1. The molecule has 1 fully saturated rings. The summed E-state index contributed by atoms with van der Waals surface area (Å²) in [5.74, 6) is -0.600. The molecular formula is C20H19Cl2NO4S. The first-order valence-corrected chi connectivity index (χ1v) is 10.3. The number of hydrogen-bond acceptors (Lipinski definition) is 4. The van der Waals surface area contributed by atoms with E-state index in [2.05, 4.69) is 5.32 Å². The molecule has 1 aliphatic carbocycles. The number of nitrogens with one attached hydrogen (secondary N) is 1. The van der Waals surface area contributed by atoms with Gasteiger partial charge >= 0.3 is 5.97 Å². The number of hydrogen-bond donors (Lipinski definition) is 2. The fourth-order valence-corrected chi connectivity index (χ4v) is 3.93. The van der Waals surface area contributed by atoms with Crippen molar-refractivity contribution >= 4 is 46.8 Å². The topological polar surface area (TPSA) is 75.6 Å². The van der Waals surface area contributed by atoms with Crippen LogP contribution >= 0.6 is 35.0 Å². The molecule has 2 N–H and O–H groups in total. The van der Waals surface area contributed by atoms with Crippen LogP contribution in [-0.2, 0) is 16.2 Å². The number of rotatable bonds is 8. The Labute approximate surface area is 177 Å². The van der Waals surface area contributed by atoms with Gasteiger partial charge in [-0.25, -0.2) is 4.79 Å². The molecule has 1 unspecified atom stereocenters. The van der Waals surface area contributed by atoms with Crippen LogP contribution in [0.4, 0.5) is 0 Å². The third-order valence-corrected chi connectivity index (χ3v) is 6.29. The van der Waals surface area contributed by atoms with Crippen molar-refractivity contribution in [2.24, 2.45) is 0 Å². The number of thioether (sulfide) groups is 1. The second-order valence-corrected chi connectivity index (χ2v) is 8.83. The van der Waals surface area contributed by atoms with Gasteiger partial charge in [-0.1, -0.05) is 29.3 Å². The van der Waals surface area contributed by atoms with E-state index in [9.17, 15) is 9.59 Å². The van der Waals surface area contributed by atoms with Crippen LogP contribution in [0.15, 0.2) is 47.4 Å². The SMILES string of the molecule is CC(Sc1ccc(OCc2c(Cl)cccc2Cl)cc1)C(=O)NC1(C(=O)O)CC1. The van der Waals surface area contributed by atoms with Crippen LogP contribution in [0, 0.1) is 0 Å². The van der Waals surface area contributed by atoms with E-state index >= 15 is 0 Å². The summed E-state index contributed by atoms with van der Waals surface area (Å²) in [6.45, 7) is 2.00. The van der Waals surface area contributed by atoms with Gasteiger partial charge in [0.2, 0.25) is 5.91 Å². The molecule has 28 heavy (non-hydrogen) atoms. The highest BCUT2D eigenvalue weighted by molar-refractivity contribution is 8.00. The summed E-state index contributed by atoms with van der Waals surface area (Å²) in [6, 6.07) is 12.6. The van der Waals surface area contributed by atoms with E-state index in [0.29, 0.717) is 28.6 Å². The Morgan fingerprint density at radius 1 is 1.18 bits per heavy atom. The predicted octanol–water partition coefficient (Wildman–Crippen LogP) is 4.79. The van der Waals surface area contributed by atoms with Gasteiger partial charge in [-0.15, -0.1) is 11.8 Å². The largest absolute Gasteiger partial charge is 0.489 e. The molecule has 8 heteroatoms. The number of carboxylic acids is 1. The summed E-state index contributed by atoms with van der Waals surface area (Å²) >= 11 is 13.6. The summed E-state index contributed by atoms with van der Waals surface area (Å²) < 4.78 is 5.74. The van der Waals surface area contributed by atoms with Gasteiger partial charge in [-0.05, 0) is 56.2 Å². The highest BCUT2D eigenvalue weighted by atomic mass is 35.5. The van der Waals surface area contributed by atoms with Gasteiger partial charge in [0.05, 0.1) is 5.25 Å². The number of benzene rings is 2. The molecule has 148 valence electrons. The molecule has 2 aromatic carbocycles. The average Bonchev–Trinajstić information content (AvgIpc) is 3.43. The van der Waals surface area contributed by atoms with Crippen LogP contribution in [0.5, 0.6) is 5.75 Å². The van der Waals surface area contributed by atoms with E-state index in [1.807, 2.05) is 12.1 Å². The second kappa shape index (κ2) is 8.64. The number of carboxylic acid groups (broad SMARTS) is 1. The quantitative estimate of drug-likeness (QED) is 0.578. The number of carbonyl (C=O) groups excluding carboxylic acids is 1. The van der Waals surface area contributed by atoms with Crippen molar-refractivity contribution in [3.63, 3.8) is 0 Å². The molecule has 1 atom stereocenters. The molecule has 1 aliphatic rings. The summed E-state index contributed by atoms with van der Waals surface area (Å²) in [4.78, 5) is 24.3. The van der Waals surface area contributed by atoms with E-state index in [1.165, 1.54) is 11.8 Å². The molecule has 1 amide bonds. The first-order chi connectivity index (χ1) is 13.3. The Morgan fingerprint density at radius 2 is 1.79 bits per heavy atom. The Balaban J connectivity index is 1.54. The molecular weight excluding hydrogens is 421 g/mol. The lowest BCUT2D eigenvalue weighted by atomic mass is 10.2. The smallest absolute Gasteiger partial charge is 0.329 e. The Morgan fingerprint density at radius 3 is 2.32 bits per heavy atom. The van der Waals surface area contributed by atoms with Gasteiger partial charge < -0.3 is 15.2 Å². The average molecular weight is 440 g/mol. The lowest BCUT2D eigenvalue weighted by Gasteiger charge is -2.16. The maximum absolute atomic E-state index is 12.3. The molecule has 0 spiro atoms. The van der Waals surface area contributed by atoms with E-state index in [-0.39, 0.29) is 12.5 Å². The lowest BCUT2D eigenvalue weighted by Crippen LogP contribution is -2.46. The molecule has 0 radical (unpaired) electrons. The van der Waals surface area contributed by atoms with Crippen molar-refractivity contribution in [2.75, 3.05) is 0 Å². The number of halogens is 2. The molecule has 0 bridgehead atoms. The molecule has 0 aromatic heterocycles. The third-order valence-electron chi connectivity index (χ3n) is 4.47. The first kappa shape index (κ1) is 20.8. The van der Waals surface area contributed by atoms with E-state index in [1.54, 1.807) is 37.3 Å². The van der Waals surface area contributed by atoms with Crippen molar-refractivity contribution < 1.29 is 19.4 Å². The Kier molecular flexibility index (Phi) is 6.43. The van der Waals surface area contributed by atoms with Crippen molar-refractivity contribution in [1.29, 1.82) is 0 Å². The van der Waals surface area contributed by atoms with Crippen LogP contribution in [-0.4, -0.2) is 27.8 Å². The van der Waals surface area contributed by atoms with Crippen LogP contribution < -0.4 is 10.1 Å². The lowest BCUT2D eigenvalue weighted by molar-refractivity contribution is -0.143. The van der Waals surface area contributed by atoms with Gasteiger partial charge in [0, 0.05) is 20.5 Å². The van der Waals surface area contributed by atoms with Crippen LogP contribution in [0.2, 0.25) is 10.0 Å². The zero-order valence-corrected chi connectivity index (χ0v) is 17.4. The molecule has 0 heterocycles. The third kappa shape index (κ3) is 4.93. The van der Waals surface area contributed by atoms with Crippen molar-refractivity contribution in [1.82, 2.24) is 5.32 Å². The molecule has 1 saturated carbocycles.